The van der Waals surface area contributed by atoms with Crippen molar-refractivity contribution in [3.8, 4) is 0 Å². The Morgan fingerprint density at radius 3 is 0.729 bits per heavy atom. The Bertz CT molecular complexity index is 3490. The first-order valence-electron chi connectivity index (χ1n) is 54.6. The van der Waals surface area contributed by atoms with Crippen LogP contribution in [0.25, 0.3) is 0 Å². The number of ether oxygens (including phenoxy) is 2. The molecule has 848 valence electrons. The van der Waals surface area contributed by atoms with Crippen LogP contribution in [0.2, 0.25) is 0 Å². The van der Waals surface area contributed by atoms with Crippen LogP contribution in [0, 0.1) is 98.5 Å². The number of hydrogen-bond acceptors (Lipinski definition) is 11. The third-order valence-corrected chi connectivity index (χ3v) is 21.4. The van der Waals surface area contributed by atoms with Gasteiger partial charge in [0.1, 0.15) is 13.2 Å². The lowest BCUT2D eigenvalue weighted by Gasteiger charge is -2.34. The number of benzene rings is 4. The predicted molar refractivity (Wildman–Crippen MR) is 631 cm³/mol. The van der Waals surface area contributed by atoms with Gasteiger partial charge in [-0.05, 0) is 211 Å². The van der Waals surface area contributed by atoms with Crippen LogP contribution in [-0.4, -0.2) is 56.7 Å². The fourth-order valence-corrected chi connectivity index (χ4v) is 9.94. The second-order valence-electron chi connectivity index (χ2n) is 58.0. The summed E-state index contributed by atoms with van der Waals surface area (Å²) in [6, 6.07) is 40.7. The van der Waals surface area contributed by atoms with Crippen LogP contribution in [0.3, 0.4) is 0 Å². The molecule has 4 aromatic carbocycles. The highest BCUT2D eigenvalue weighted by Gasteiger charge is 2.27. The third-order valence-electron chi connectivity index (χ3n) is 21.4. The van der Waals surface area contributed by atoms with E-state index in [0.29, 0.717) is 113 Å². The molecule has 0 aliphatic rings. The average molecular weight is 2030 g/mol. The highest BCUT2D eigenvalue weighted by molar-refractivity contribution is 5.67. The summed E-state index contributed by atoms with van der Waals surface area (Å²) >= 11 is 0. The molecule has 14 nitrogen and oxygen atoms in total. The van der Waals surface area contributed by atoms with Gasteiger partial charge in [-0.3, -0.25) is 4.79 Å². The number of nitrogens with one attached hydrogen (secondary N) is 3. The molecule has 144 heavy (non-hydrogen) atoms. The van der Waals surface area contributed by atoms with Gasteiger partial charge < -0.3 is 25.4 Å². The van der Waals surface area contributed by atoms with E-state index in [-0.39, 0.29) is 30.6 Å². The summed E-state index contributed by atoms with van der Waals surface area (Å²) in [5.41, 5.74) is 12.4. The van der Waals surface area contributed by atoms with E-state index in [1.807, 2.05) is 60.7 Å². The smallest absolute Gasteiger partial charge is 0.407 e. The topological polar surface area (TPSA) is 208 Å². The lowest BCUT2D eigenvalue weighted by molar-refractivity contribution is -0.193. The van der Waals surface area contributed by atoms with Gasteiger partial charge in [-0.2, -0.15) is 28.8 Å². The van der Waals surface area contributed by atoms with Gasteiger partial charge in [0.25, 0.3) is 0 Å². The molecule has 0 saturated heterocycles. The molecule has 0 aliphatic carbocycles. The molecule has 0 heterocycles. The minimum atomic E-state index is -0.340. The highest BCUT2D eigenvalue weighted by atomic mass is 16.6. The number of alkyl carbamates (subject to hydrolysis) is 2. The Morgan fingerprint density at radius 2 is 0.535 bits per heavy atom. The van der Waals surface area contributed by atoms with Crippen molar-refractivity contribution in [3.05, 3.63) is 144 Å². The van der Waals surface area contributed by atoms with Gasteiger partial charge in [-0.25, -0.2) is 9.59 Å². The maximum atomic E-state index is 11.4. The maximum Gasteiger partial charge on any atom is 0.407 e. The molecule has 0 radical (unpaired) electrons. The van der Waals surface area contributed by atoms with Gasteiger partial charge in [0.15, 0.2) is 0 Å². The molecule has 0 fully saturated rings. The van der Waals surface area contributed by atoms with Crippen molar-refractivity contribution in [2.24, 2.45) is 98.5 Å². The van der Waals surface area contributed by atoms with Crippen LogP contribution in [0.1, 0.15) is 532 Å². The monoisotopic (exact) mass is 2030 g/mol. The SMILES string of the molecule is CC(C)(C)C.CC(C)(C)C(C)(C)C.CC(C)(C)CCC(C)(C)C.CC(C)(C)CCCCNC(=O)OCc1ccccc1.CC(C)(C)CCCNC(=O)OCc1ccccc1.CC(C)(C)CCCc1ccccc1.CC(C)(C)CCNC=O.CC(C)(C)Cc1ccccc1.CC(C)C(C)(C)C.CC(C)CC(C)(C)C.CCC(C)(C)C.CCC(C)(C)C.CCCC(C)(C)C.CCCCC(C)(C)C.O=C=O.O=C=O.O=C=O. The minimum absolute atomic E-state index is 0.250. The zero-order valence-electron chi connectivity index (χ0n) is 106. The summed E-state index contributed by atoms with van der Waals surface area (Å²) in [4.78, 5) is 81.4. The van der Waals surface area contributed by atoms with E-state index in [1.54, 1.807) is 0 Å². The van der Waals surface area contributed by atoms with Crippen molar-refractivity contribution in [2.45, 2.75) is 536 Å². The van der Waals surface area contributed by atoms with Crippen LogP contribution >= 0.6 is 0 Å². The molecule has 14 heteroatoms. The zero-order valence-corrected chi connectivity index (χ0v) is 106. The van der Waals surface area contributed by atoms with E-state index in [2.05, 4.69) is 471 Å². The second kappa shape index (κ2) is 88.9. The summed E-state index contributed by atoms with van der Waals surface area (Å²) in [6.45, 7) is 131. The second-order valence-corrected chi connectivity index (χ2v) is 58.0. The Balaban J connectivity index is -0.000000118. The first-order valence-corrected chi connectivity index (χ1v) is 54.6. The van der Waals surface area contributed by atoms with E-state index in [4.69, 9.17) is 38.2 Å². The number of hydrogen-bond donors (Lipinski definition) is 3. The van der Waals surface area contributed by atoms with Crippen LogP contribution in [0.15, 0.2) is 121 Å². The Labute approximate surface area is 898 Å². The van der Waals surface area contributed by atoms with Crippen molar-refractivity contribution in [2.75, 3.05) is 19.6 Å². The van der Waals surface area contributed by atoms with E-state index >= 15 is 0 Å². The molecule has 3 amide bonds. The Hall–Kier alpha value is -6.97. The fraction of sp³-hybridized carbons (Fsp3) is 0.769. The van der Waals surface area contributed by atoms with Gasteiger partial charge in [0.2, 0.25) is 6.41 Å². The normalized spacial score (nSPS) is 11.4. The predicted octanol–water partition coefficient (Wildman–Crippen LogP) is 40.3. The van der Waals surface area contributed by atoms with Crippen molar-refractivity contribution in [1.82, 2.24) is 16.0 Å². The number of unbranched alkanes of at least 4 members (excludes halogenated alkanes) is 2. The molecule has 0 aromatic heterocycles. The number of amides is 3. The number of aryl methyl sites for hydroxylation is 1. The van der Waals surface area contributed by atoms with E-state index in [1.165, 1.54) is 101 Å². The highest BCUT2D eigenvalue weighted by Crippen LogP contribution is 2.37. The van der Waals surface area contributed by atoms with E-state index < -0.39 is 0 Å². The molecule has 3 N–H and O–H groups in total. The molecule has 0 aliphatic heterocycles. The average Bonchev–Trinajstić information content (AvgIpc) is 0.867. The molecule has 0 unspecified atom stereocenters. The number of carbonyl (C=O) groups excluding carboxylic acids is 9. The van der Waals surface area contributed by atoms with Gasteiger partial charge in [0.05, 0.1) is 0 Å². The van der Waals surface area contributed by atoms with Crippen molar-refractivity contribution < 1.29 is 52.6 Å². The first kappa shape index (κ1) is 165. The van der Waals surface area contributed by atoms with Crippen molar-refractivity contribution in [1.29, 1.82) is 0 Å². The zero-order chi connectivity index (χ0) is 117. The molecule has 0 bridgehead atoms. The standard InChI is InChI=1S/C16H25NO2.C15H23NO2.C13H20.C11H16.C10H22.3C8H18.C7H15NO.2C7H16.2C6H14.C5H12.3CO2/c1-16(2,3)11-7-8-12-17-15(18)19-13-14-9-5-4-6-10-14;1-15(2,3)10-7-11-16-14(17)18-12-13-8-5-4-6-9-13;1-13(2,3)11-7-10-12-8-5-4-6-9-12;1-11(2,3)9-10-7-5-4-6-8-10;1-9(2,3)7-8-10(4,5)6;1-7(2)6-8(3,4)5;1-7(2,3)8(4,5)6;1-5-6-7-8(2,3)4;1-7(2,3)4-5-8-6-9;1-6(2)7(3,4)5;1-5-6-7(2,3)4;2*1-5-6(2,3)4;1-5(2,3)4;3*2-1-3/h4-6,9-10H,7-8,11-13H2,1-3H3,(H,17,18);4-6,8-9H,7,10-12H2,1-3H3,(H,16,17);4-6,8-9H,7,10-11H2,1-3H3;4-8H,9H2,1-3H3;7-8H2,1-6H3;7H,6H2,1-5H3;1-6H3;5-7H2,1-4H3;6H,4-5H2,1-3H3,(H,8,9);6H,1-5H3;5-6H2,1-4H3;2*5H2,1-4H3;1-4H3;;;. The van der Waals surface area contributed by atoms with Crippen molar-refractivity contribution >= 4 is 37.1 Å². The van der Waals surface area contributed by atoms with E-state index in [9.17, 15) is 14.4 Å². The lowest BCUT2D eigenvalue weighted by Crippen LogP contribution is -2.26. The van der Waals surface area contributed by atoms with Crippen LogP contribution in [0.4, 0.5) is 9.59 Å². The van der Waals surface area contributed by atoms with Gasteiger partial charge in [-0.1, -0.05) is 555 Å². The molecule has 0 saturated carbocycles. The molecule has 4 aromatic rings. The quantitative estimate of drug-likeness (QED) is 0.0470. The van der Waals surface area contributed by atoms with Gasteiger partial charge >= 0.3 is 30.6 Å². The summed E-state index contributed by atoms with van der Waals surface area (Å²) in [6.07, 6.45) is 25.5. The maximum absolute atomic E-state index is 11.4. The minimum Gasteiger partial charge on any atom is -0.445 e. The number of carbonyl (C=O) groups is 3. The molecule has 0 spiro atoms. The molecular weight excluding hydrogens is 1780 g/mol. The van der Waals surface area contributed by atoms with Gasteiger partial charge in [-0.15, -0.1) is 0 Å². The largest absolute Gasteiger partial charge is 0.445 e. The van der Waals surface area contributed by atoms with Crippen LogP contribution in [-0.2, 0) is 69.1 Å². The fourth-order valence-electron chi connectivity index (χ4n) is 9.94. The Kier molecular flexibility index (Phi) is 102. The van der Waals surface area contributed by atoms with E-state index in [0.717, 1.165) is 74.4 Å². The summed E-state index contributed by atoms with van der Waals surface area (Å²) in [5.74, 6) is 1.64. The molecule has 0 atom stereocenters. The third kappa shape index (κ3) is 193. The summed E-state index contributed by atoms with van der Waals surface area (Å²) < 4.78 is 10.2. The first-order chi connectivity index (χ1) is 64.5. The number of rotatable bonds is 23. The molecule has 4 rings (SSSR count). The van der Waals surface area contributed by atoms with Gasteiger partial charge in [0, 0.05) is 19.6 Å². The molecular formula is C130H247N3O11. The lowest BCUT2D eigenvalue weighted by atomic mass is 9.71. The summed E-state index contributed by atoms with van der Waals surface area (Å²) in [5, 5.41) is 8.17. The van der Waals surface area contributed by atoms with Crippen molar-refractivity contribution in [3.63, 3.8) is 0 Å². The summed E-state index contributed by atoms with van der Waals surface area (Å²) in [7, 11) is 0. The Morgan fingerprint density at radius 1 is 0.292 bits per heavy atom. The van der Waals surface area contributed by atoms with Crippen LogP contribution in [0.5, 0.6) is 0 Å². The van der Waals surface area contributed by atoms with Crippen LogP contribution < -0.4 is 16.0 Å².